The highest BCUT2D eigenvalue weighted by Crippen LogP contribution is 2.25. The lowest BCUT2D eigenvalue weighted by Crippen LogP contribution is -2.23. The van der Waals surface area contributed by atoms with E-state index in [1.165, 1.54) is 22.4 Å². The van der Waals surface area contributed by atoms with Gasteiger partial charge in [-0.15, -0.1) is 0 Å². The van der Waals surface area contributed by atoms with Crippen LogP contribution in [0, 0.1) is 26.2 Å². The number of hydrogen-bond donors (Lipinski definition) is 1. The fourth-order valence-corrected chi connectivity index (χ4v) is 2.78. The first-order valence-electron chi connectivity index (χ1n) is 8.86. The van der Waals surface area contributed by atoms with Gasteiger partial charge in [-0.25, -0.2) is 0 Å². The molecule has 0 radical (unpaired) electrons. The average Bonchev–Trinajstić information content (AvgIpc) is 2.53. The Hall–Kier alpha value is -1.96. The van der Waals surface area contributed by atoms with Crippen LogP contribution in [0.25, 0.3) is 0 Å². The summed E-state index contributed by atoms with van der Waals surface area (Å²) < 4.78 is 5.97. The summed E-state index contributed by atoms with van der Waals surface area (Å²) in [6, 6.07) is 14.9. The predicted molar refractivity (Wildman–Crippen MR) is 104 cm³/mol. The summed E-state index contributed by atoms with van der Waals surface area (Å²) in [6.07, 6.45) is 2.20. The van der Waals surface area contributed by atoms with Crippen molar-refractivity contribution in [3.8, 4) is 5.75 Å². The second-order valence-corrected chi connectivity index (χ2v) is 7.61. The third kappa shape index (κ3) is 5.92. The monoisotopic (exact) mass is 325 g/mol. The van der Waals surface area contributed by atoms with Gasteiger partial charge in [0, 0.05) is 12.2 Å². The van der Waals surface area contributed by atoms with Crippen LogP contribution >= 0.6 is 0 Å². The molecule has 0 saturated heterocycles. The van der Waals surface area contributed by atoms with E-state index in [0.29, 0.717) is 0 Å². The zero-order valence-electron chi connectivity index (χ0n) is 15.8. The largest absolute Gasteiger partial charge is 0.493 e. The Balaban J connectivity index is 1.75. The minimum absolute atomic E-state index is 0.245. The lowest BCUT2D eigenvalue weighted by atomic mass is 9.88. The number of anilines is 1. The zero-order chi connectivity index (χ0) is 17.6. The lowest BCUT2D eigenvalue weighted by Gasteiger charge is -2.26. The molecular weight excluding hydrogens is 294 g/mol. The normalized spacial score (nSPS) is 11.4. The van der Waals surface area contributed by atoms with E-state index in [4.69, 9.17) is 4.74 Å². The molecule has 0 unspecified atom stereocenters. The number of nitrogens with one attached hydrogen (secondary N) is 1. The van der Waals surface area contributed by atoms with E-state index in [2.05, 4.69) is 82.4 Å². The SMILES string of the molecule is Cc1cccc(NCC(C)(C)CCCOc2cc(C)ccc2C)c1. The summed E-state index contributed by atoms with van der Waals surface area (Å²) in [5, 5.41) is 3.56. The van der Waals surface area contributed by atoms with Crippen LogP contribution in [0.4, 0.5) is 5.69 Å². The lowest BCUT2D eigenvalue weighted by molar-refractivity contribution is 0.263. The van der Waals surface area contributed by atoms with Crippen LogP contribution in [0.3, 0.4) is 0 Å². The Morgan fingerprint density at radius 2 is 1.71 bits per heavy atom. The molecule has 2 heteroatoms. The van der Waals surface area contributed by atoms with Gasteiger partial charge >= 0.3 is 0 Å². The fraction of sp³-hybridized carbons (Fsp3) is 0.455. The van der Waals surface area contributed by atoms with Crippen LogP contribution in [0.1, 0.15) is 43.4 Å². The molecule has 24 heavy (non-hydrogen) atoms. The smallest absolute Gasteiger partial charge is 0.122 e. The van der Waals surface area contributed by atoms with Crippen LogP contribution < -0.4 is 10.1 Å². The van der Waals surface area contributed by atoms with Gasteiger partial charge in [-0.1, -0.05) is 38.1 Å². The molecule has 0 amide bonds. The highest BCUT2D eigenvalue weighted by Gasteiger charge is 2.17. The summed E-state index contributed by atoms with van der Waals surface area (Å²) in [7, 11) is 0. The molecule has 1 N–H and O–H groups in total. The maximum Gasteiger partial charge on any atom is 0.122 e. The van der Waals surface area contributed by atoms with E-state index in [1.807, 2.05) is 0 Å². The molecule has 0 spiro atoms. The third-order valence-corrected chi connectivity index (χ3v) is 4.39. The second kappa shape index (κ2) is 8.23. The number of aryl methyl sites for hydroxylation is 3. The quantitative estimate of drug-likeness (QED) is 0.609. The van der Waals surface area contributed by atoms with Crippen molar-refractivity contribution >= 4 is 5.69 Å². The predicted octanol–water partition coefficient (Wildman–Crippen LogP) is 5.91. The Morgan fingerprint density at radius 1 is 0.958 bits per heavy atom. The summed E-state index contributed by atoms with van der Waals surface area (Å²) >= 11 is 0. The van der Waals surface area contributed by atoms with Gasteiger partial charge in [0.2, 0.25) is 0 Å². The van der Waals surface area contributed by atoms with E-state index >= 15 is 0 Å². The van der Waals surface area contributed by atoms with Gasteiger partial charge in [0.1, 0.15) is 5.75 Å². The van der Waals surface area contributed by atoms with Crippen LogP contribution in [0.2, 0.25) is 0 Å². The molecule has 0 aliphatic carbocycles. The molecule has 0 heterocycles. The van der Waals surface area contributed by atoms with Gasteiger partial charge < -0.3 is 10.1 Å². The molecule has 0 bridgehead atoms. The van der Waals surface area contributed by atoms with Gasteiger partial charge in [0.05, 0.1) is 6.61 Å². The molecule has 130 valence electrons. The molecule has 0 aliphatic rings. The molecule has 0 aromatic heterocycles. The van der Waals surface area contributed by atoms with Crippen LogP contribution in [-0.4, -0.2) is 13.2 Å². The Bertz CT molecular complexity index is 661. The number of hydrogen-bond acceptors (Lipinski definition) is 2. The fourth-order valence-electron chi connectivity index (χ4n) is 2.78. The molecule has 0 fully saturated rings. The Morgan fingerprint density at radius 3 is 2.46 bits per heavy atom. The van der Waals surface area contributed by atoms with Crippen LogP contribution in [-0.2, 0) is 0 Å². The van der Waals surface area contributed by atoms with Crippen molar-refractivity contribution in [2.75, 3.05) is 18.5 Å². The van der Waals surface area contributed by atoms with Crippen LogP contribution in [0.5, 0.6) is 5.75 Å². The van der Waals surface area contributed by atoms with Crippen molar-refractivity contribution in [3.05, 3.63) is 59.2 Å². The van der Waals surface area contributed by atoms with E-state index in [-0.39, 0.29) is 5.41 Å². The highest BCUT2D eigenvalue weighted by molar-refractivity contribution is 5.45. The van der Waals surface area contributed by atoms with E-state index in [9.17, 15) is 0 Å². The molecule has 0 saturated carbocycles. The zero-order valence-corrected chi connectivity index (χ0v) is 15.8. The number of rotatable bonds is 8. The molecule has 2 rings (SSSR count). The minimum atomic E-state index is 0.245. The molecular formula is C22H31NO. The third-order valence-electron chi connectivity index (χ3n) is 4.39. The van der Waals surface area contributed by atoms with Gasteiger partial charge in [0.25, 0.3) is 0 Å². The van der Waals surface area contributed by atoms with Crippen molar-refractivity contribution in [3.63, 3.8) is 0 Å². The van der Waals surface area contributed by atoms with Crippen molar-refractivity contribution in [2.24, 2.45) is 5.41 Å². The Labute approximate surface area is 147 Å². The van der Waals surface area contributed by atoms with Gasteiger partial charge in [0.15, 0.2) is 0 Å². The highest BCUT2D eigenvalue weighted by atomic mass is 16.5. The summed E-state index contributed by atoms with van der Waals surface area (Å²) in [6.45, 7) is 12.7. The van der Waals surface area contributed by atoms with E-state index < -0.39 is 0 Å². The number of benzene rings is 2. The first-order chi connectivity index (χ1) is 11.4. The van der Waals surface area contributed by atoms with Gasteiger partial charge in [-0.05, 0) is 73.9 Å². The summed E-state index contributed by atoms with van der Waals surface area (Å²) in [5.41, 5.74) is 5.20. The molecule has 2 aromatic carbocycles. The maximum atomic E-state index is 5.97. The molecule has 0 atom stereocenters. The Kier molecular flexibility index (Phi) is 6.30. The summed E-state index contributed by atoms with van der Waals surface area (Å²) in [4.78, 5) is 0. The van der Waals surface area contributed by atoms with Crippen molar-refractivity contribution in [1.29, 1.82) is 0 Å². The second-order valence-electron chi connectivity index (χ2n) is 7.61. The van der Waals surface area contributed by atoms with Crippen molar-refractivity contribution in [2.45, 2.75) is 47.5 Å². The first kappa shape index (κ1) is 18.4. The first-order valence-corrected chi connectivity index (χ1v) is 8.86. The van der Waals surface area contributed by atoms with Gasteiger partial charge in [-0.2, -0.15) is 0 Å². The van der Waals surface area contributed by atoms with E-state index in [1.54, 1.807) is 0 Å². The van der Waals surface area contributed by atoms with E-state index in [0.717, 1.165) is 31.7 Å². The maximum absolute atomic E-state index is 5.97. The summed E-state index contributed by atoms with van der Waals surface area (Å²) in [5.74, 6) is 1.02. The molecule has 0 aliphatic heterocycles. The molecule has 2 aromatic rings. The van der Waals surface area contributed by atoms with Crippen molar-refractivity contribution < 1.29 is 4.74 Å². The van der Waals surface area contributed by atoms with Crippen molar-refractivity contribution in [1.82, 2.24) is 0 Å². The number of ether oxygens (including phenoxy) is 1. The molecule has 2 nitrogen and oxygen atoms in total. The topological polar surface area (TPSA) is 21.3 Å². The average molecular weight is 325 g/mol. The minimum Gasteiger partial charge on any atom is -0.493 e. The van der Waals surface area contributed by atoms with Crippen LogP contribution in [0.15, 0.2) is 42.5 Å². The van der Waals surface area contributed by atoms with Gasteiger partial charge in [-0.3, -0.25) is 0 Å². The standard InChI is InChI=1S/C22H31NO/c1-17-8-6-9-20(14-17)23-16-22(4,5)12-7-13-24-21-15-18(2)10-11-19(21)3/h6,8-11,14-15,23H,7,12-13,16H2,1-5H3.